The van der Waals surface area contributed by atoms with Crippen molar-refractivity contribution in [2.75, 3.05) is 20.3 Å². The smallest absolute Gasteiger partial charge is 0.387 e. The zero-order valence-electron chi connectivity index (χ0n) is 33.7. The first-order valence-corrected chi connectivity index (χ1v) is 22.3. The van der Waals surface area contributed by atoms with Gasteiger partial charge in [-0.15, -0.1) is 0 Å². The van der Waals surface area contributed by atoms with Crippen LogP contribution in [-0.4, -0.2) is 94.8 Å². The summed E-state index contributed by atoms with van der Waals surface area (Å²) in [4.78, 5) is 18.8. The lowest BCUT2D eigenvalue weighted by Crippen LogP contribution is -2.48. The Morgan fingerprint density at radius 2 is 1.68 bits per heavy atom. The Morgan fingerprint density at radius 1 is 1.05 bits per heavy atom. The number of ether oxygens (including phenoxy) is 2. The van der Waals surface area contributed by atoms with Crippen molar-refractivity contribution in [2.45, 2.75) is 165 Å². The number of nitriles is 1. The molecule has 16 heteroatoms. The zero-order chi connectivity index (χ0) is 41.1. The average Bonchev–Trinajstić information content (AvgIpc) is 3.73. The van der Waals surface area contributed by atoms with Crippen LogP contribution < -0.4 is 5.73 Å². The molecule has 0 radical (unpaired) electrons. The number of unbranched alkanes of at least 4 members (excludes halogenated alkanes) is 15. The van der Waals surface area contributed by atoms with Gasteiger partial charge < -0.3 is 30.3 Å². The van der Waals surface area contributed by atoms with E-state index < -0.39 is 56.3 Å². The number of phosphoric acid groups is 1. The summed E-state index contributed by atoms with van der Waals surface area (Å²) in [5.41, 5.74) is 5.36. The van der Waals surface area contributed by atoms with Crippen molar-refractivity contribution >= 4 is 26.2 Å². The predicted molar refractivity (Wildman–Crippen MR) is 218 cm³/mol. The largest absolute Gasteiger partial charge is 0.472 e. The zero-order valence-corrected chi connectivity index (χ0v) is 34.6. The first kappa shape index (κ1) is 46.6. The number of benzene rings is 1. The molecule has 0 amide bonds. The number of amidine groups is 1. The number of rotatable bonds is 28. The fourth-order valence-electron chi connectivity index (χ4n) is 7.65. The van der Waals surface area contributed by atoms with Crippen molar-refractivity contribution in [2.24, 2.45) is 20.8 Å². The molecule has 3 aliphatic rings. The van der Waals surface area contributed by atoms with Gasteiger partial charge in [-0.3, -0.25) is 19.0 Å². The Morgan fingerprint density at radius 3 is 2.30 bits per heavy atom. The van der Waals surface area contributed by atoms with Gasteiger partial charge in [-0.1, -0.05) is 116 Å². The van der Waals surface area contributed by atoms with Crippen LogP contribution in [0.5, 0.6) is 0 Å². The first-order valence-electron chi connectivity index (χ1n) is 20.8. The number of hydrogen-bond donors (Lipinski definition) is 4. The first-order chi connectivity index (χ1) is 27.5. The van der Waals surface area contributed by atoms with Crippen LogP contribution in [0.15, 0.2) is 45.1 Å². The SMILES string of the molecule is CCCCCCCCCCCCCCCCCC[C@H](COP(=O)(O)OC[C@@]1(/C=N\C)O[C@@H](C2CC=C3C(N)=NC=NN32)[C@H](O)[C@@H]1O)OCc1cc(F)cc(C#N)c1. The second-order valence-electron chi connectivity index (χ2n) is 15.4. The summed E-state index contributed by atoms with van der Waals surface area (Å²) < 4.78 is 50.4. The molecule has 3 heterocycles. The molecule has 1 saturated heterocycles. The third kappa shape index (κ3) is 14.6. The summed E-state index contributed by atoms with van der Waals surface area (Å²) in [7, 11) is -3.34. The van der Waals surface area contributed by atoms with Crippen molar-refractivity contribution in [1.82, 2.24) is 5.01 Å². The predicted octanol–water partition coefficient (Wildman–Crippen LogP) is 7.20. The molecule has 3 aliphatic heterocycles. The van der Waals surface area contributed by atoms with Crippen molar-refractivity contribution < 1.29 is 42.6 Å². The van der Waals surface area contributed by atoms with Gasteiger partial charge in [0.2, 0.25) is 0 Å². The number of halogens is 1. The van der Waals surface area contributed by atoms with E-state index in [1.165, 1.54) is 109 Å². The number of fused-ring (bicyclic) bond motifs is 1. The maximum atomic E-state index is 14.1. The Labute approximate surface area is 337 Å². The van der Waals surface area contributed by atoms with Crippen molar-refractivity contribution in [1.29, 1.82) is 5.26 Å². The van der Waals surface area contributed by atoms with Gasteiger partial charge in [-0.05, 0) is 36.6 Å². The van der Waals surface area contributed by atoms with Crippen LogP contribution in [-0.2, 0) is 29.7 Å². The third-order valence-electron chi connectivity index (χ3n) is 10.8. The minimum absolute atomic E-state index is 0.0401. The van der Waals surface area contributed by atoms with Crippen LogP contribution in [0.3, 0.4) is 0 Å². The van der Waals surface area contributed by atoms with E-state index in [-0.39, 0.29) is 24.6 Å². The molecule has 0 aromatic heterocycles. The number of hydrazone groups is 1. The van der Waals surface area contributed by atoms with Crippen LogP contribution in [0.2, 0.25) is 0 Å². The fourth-order valence-corrected chi connectivity index (χ4v) is 8.45. The van der Waals surface area contributed by atoms with E-state index in [9.17, 15) is 29.3 Å². The van der Waals surface area contributed by atoms with E-state index in [0.717, 1.165) is 31.7 Å². The lowest BCUT2D eigenvalue weighted by Gasteiger charge is -2.32. The van der Waals surface area contributed by atoms with E-state index in [1.807, 2.05) is 6.07 Å². The van der Waals surface area contributed by atoms with Gasteiger partial charge in [0.25, 0.3) is 0 Å². The molecule has 1 aromatic carbocycles. The highest BCUT2D eigenvalue weighted by molar-refractivity contribution is 7.47. The van der Waals surface area contributed by atoms with E-state index in [2.05, 4.69) is 22.0 Å². The monoisotopic (exact) mass is 818 g/mol. The number of hydrogen-bond acceptors (Lipinski definition) is 13. The minimum Gasteiger partial charge on any atom is -0.387 e. The molecule has 1 aromatic rings. The van der Waals surface area contributed by atoms with Crippen LogP contribution in [0.4, 0.5) is 4.39 Å². The summed E-state index contributed by atoms with van der Waals surface area (Å²) >= 11 is 0. The van der Waals surface area contributed by atoms with Crippen LogP contribution >= 0.6 is 7.82 Å². The lowest BCUT2D eigenvalue weighted by atomic mass is 9.94. The van der Waals surface area contributed by atoms with Crippen LogP contribution in [0.25, 0.3) is 0 Å². The lowest BCUT2D eigenvalue weighted by molar-refractivity contribution is -0.0786. The molecule has 14 nitrogen and oxygen atoms in total. The number of aliphatic hydroxyl groups excluding tert-OH is 2. The molecular formula is C41H64FN6O8P. The number of aliphatic imine (C=N–C) groups is 2. The maximum Gasteiger partial charge on any atom is 0.472 e. The standard InChI is InChI=1S/C41H64FN6O8P/c1-3-4-5-6-7-8-9-10-11-12-13-14-15-16-17-18-19-34(53-26-32-22-31(25-43)23-33(42)24-32)27-54-57(51,52)55-29-41(28-45-2)39(50)37(49)38(56-41)35-20-21-36-40(44)46-30-47-48(35)36/h21-24,28,30,34-35,37-39,49-50H,3-20,26-27,29H2,1-2H3,(H,51,52)(H2,44,46,47)/b45-28-/t34-,35?,37+,38+,39+,41-/m1/s1. The van der Waals surface area contributed by atoms with Gasteiger partial charge in [-0.25, -0.2) is 13.9 Å². The second kappa shape index (κ2) is 24.1. The number of aliphatic hydroxyl groups is 2. The molecule has 0 spiro atoms. The molecule has 57 heavy (non-hydrogen) atoms. The van der Waals surface area contributed by atoms with Gasteiger partial charge >= 0.3 is 7.82 Å². The summed E-state index contributed by atoms with van der Waals surface area (Å²) in [5.74, 6) is -0.311. The van der Waals surface area contributed by atoms with Crippen LogP contribution in [0, 0.1) is 17.1 Å². The maximum absolute atomic E-state index is 14.1. The van der Waals surface area contributed by atoms with Crippen molar-refractivity contribution in [3.63, 3.8) is 0 Å². The molecule has 5 N–H and O–H groups in total. The Bertz CT molecular complexity index is 1610. The second-order valence-corrected chi connectivity index (χ2v) is 16.8. The topological polar surface area (TPSA) is 205 Å². The highest BCUT2D eigenvalue weighted by Crippen LogP contribution is 2.47. The van der Waals surface area contributed by atoms with E-state index in [4.69, 9.17) is 24.3 Å². The number of nitrogens with zero attached hydrogens (tertiary/aromatic N) is 5. The van der Waals surface area contributed by atoms with E-state index in [1.54, 1.807) is 11.1 Å². The van der Waals surface area contributed by atoms with E-state index >= 15 is 0 Å². The van der Waals surface area contributed by atoms with E-state index in [0.29, 0.717) is 24.1 Å². The molecule has 2 unspecified atom stereocenters. The van der Waals surface area contributed by atoms with Gasteiger partial charge in [0, 0.05) is 13.3 Å². The molecule has 7 atom stereocenters. The molecule has 0 bridgehead atoms. The highest BCUT2D eigenvalue weighted by atomic mass is 31.2. The Kier molecular flexibility index (Phi) is 19.7. The molecule has 0 saturated carbocycles. The number of nitrogens with two attached hydrogens (primary N) is 1. The summed E-state index contributed by atoms with van der Waals surface area (Å²) in [5, 5.41) is 37.4. The average molecular weight is 819 g/mol. The van der Waals surface area contributed by atoms with Gasteiger partial charge in [0.05, 0.1) is 49.3 Å². The van der Waals surface area contributed by atoms with Crippen molar-refractivity contribution in [3.05, 3.63) is 46.9 Å². The quantitative estimate of drug-likeness (QED) is 0.0378. The summed E-state index contributed by atoms with van der Waals surface area (Å²) in [6.07, 6.45) is 20.2. The summed E-state index contributed by atoms with van der Waals surface area (Å²) in [6.45, 7) is 1.22. The third-order valence-corrected chi connectivity index (χ3v) is 11.8. The molecule has 318 valence electrons. The number of phosphoric ester groups is 1. The molecular weight excluding hydrogens is 754 g/mol. The molecule has 4 rings (SSSR count). The Hall–Kier alpha value is -3.06. The van der Waals surface area contributed by atoms with Crippen LogP contribution in [0.1, 0.15) is 134 Å². The molecule has 1 fully saturated rings. The van der Waals surface area contributed by atoms with Gasteiger partial charge in [0.1, 0.15) is 30.5 Å². The minimum atomic E-state index is -4.77. The Balaban J connectivity index is 1.24. The normalized spacial score (nSPS) is 24.7. The van der Waals surface area contributed by atoms with Crippen molar-refractivity contribution in [3.8, 4) is 6.07 Å². The fraction of sp³-hybridized carbons (Fsp3) is 0.707. The molecule has 0 aliphatic carbocycles. The summed E-state index contributed by atoms with van der Waals surface area (Å²) in [6, 6.07) is 5.32. The van der Waals surface area contributed by atoms with Gasteiger partial charge in [0.15, 0.2) is 11.4 Å². The highest BCUT2D eigenvalue weighted by Gasteiger charge is 2.58. The van der Waals surface area contributed by atoms with Gasteiger partial charge in [-0.2, -0.15) is 10.4 Å².